The van der Waals surface area contributed by atoms with Crippen LogP contribution in [-0.4, -0.2) is 52.9 Å². The first-order chi connectivity index (χ1) is 8.74. The number of halogens is 1. The van der Waals surface area contributed by atoms with Gasteiger partial charge in [0.2, 0.25) is 0 Å². The summed E-state index contributed by atoms with van der Waals surface area (Å²) in [6, 6.07) is 2.44. The van der Waals surface area contributed by atoms with E-state index in [4.69, 9.17) is 0 Å². The number of nitrogens with one attached hydrogen (secondary N) is 1. The fraction of sp³-hybridized carbons (Fsp3) is 0.615. The van der Waals surface area contributed by atoms with Gasteiger partial charge in [0, 0.05) is 36.3 Å². The van der Waals surface area contributed by atoms with Crippen molar-refractivity contribution >= 4 is 21.8 Å². The second-order valence-corrected chi connectivity index (χ2v) is 6.08. The zero-order valence-electron chi connectivity index (χ0n) is 10.4. The minimum Gasteiger partial charge on any atom is -0.356 e. The van der Waals surface area contributed by atoms with Gasteiger partial charge in [-0.15, -0.1) is 0 Å². The summed E-state index contributed by atoms with van der Waals surface area (Å²) >= 11 is 3.37. The molecule has 0 saturated carbocycles. The standard InChI is InChI=1S/C13H18BrN3O/c14-10-7-12(15-8-10)13(18)17-6-5-16-4-2-1-3-11(16)9-17/h7-8,11,15H,1-6,9H2/t11-/m0/s1. The number of H-pyrrole nitrogens is 1. The van der Waals surface area contributed by atoms with Crippen molar-refractivity contribution in [2.24, 2.45) is 0 Å². The van der Waals surface area contributed by atoms with Gasteiger partial charge >= 0.3 is 0 Å². The molecular formula is C13H18BrN3O. The van der Waals surface area contributed by atoms with Crippen LogP contribution in [0, 0.1) is 0 Å². The predicted octanol–water partition coefficient (Wildman–Crippen LogP) is 2.09. The van der Waals surface area contributed by atoms with E-state index in [-0.39, 0.29) is 5.91 Å². The van der Waals surface area contributed by atoms with Crippen LogP contribution < -0.4 is 0 Å². The van der Waals surface area contributed by atoms with Gasteiger partial charge in [0.05, 0.1) is 0 Å². The van der Waals surface area contributed by atoms with E-state index in [1.54, 1.807) is 0 Å². The Morgan fingerprint density at radius 2 is 2.22 bits per heavy atom. The average Bonchev–Trinajstić information content (AvgIpc) is 2.84. The van der Waals surface area contributed by atoms with Gasteiger partial charge in [-0.3, -0.25) is 9.69 Å². The molecule has 3 rings (SSSR count). The molecule has 2 fully saturated rings. The molecule has 4 nitrogen and oxygen atoms in total. The molecule has 1 aromatic heterocycles. The number of fused-ring (bicyclic) bond motifs is 1. The molecule has 98 valence electrons. The molecule has 2 aliphatic heterocycles. The fourth-order valence-corrected chi connectivity index (χ4v) is 3.35. The van der Waals surface area contributed by atoms with Crippen LogP contribution in [0.25, 0.3) is 0 Å². The quantitative estimate of drug-likeness (QED) is 0.862. The van der Waals surface area contributed by atoms with Crippen molar-refractivity contribution in [2.45, 2.75) is 25.3 Å². The lowest BCUT2D eigenvalue weighted by Crippen LogP contribution is -2.56. The summed E-state index contributed by atoms with van der Waals surface area (Å²) in [6.45, 7) is 3.97. The van der Waals surface area contributed by atoms with E-state index in [0.717, 1.165) is 24.1 Å². The number of aromatic nitrogens is 1. The third kappa shape index (κ3) is 2.34. The Morgan fingerprint density at radius 3 is 3.00 bits per heavy atom. The Kier molecular flexibility index (Phi) is 3.43. The smallest absolute Gasteiger partial charge is 0.270 e. The van der Waals surface area contributed by atoms with Crippen LogP contribution >= 0.6 is 15.9 Å². The third-order valence-corrected chi connectivity index (χ3v) is 4.46. The Bertz CT molecular complexity index is 445. The summed E-state index contributed by atoms with van der Waals surface area (Å²) < 4.78 is 0.933. The molecule has 0 radical (unpaired) electrons. The van der Waals surface area contributed by atoms with Crippen LogP contribution in [0.1, 0.15) is 29.8 Å². The topological polar surface area (TPSA) is 39.3 Å². The minimum absolute atomic E-state index is 0.130. The van der Waals surface area contributed by atoms with Crippen molar-refractivity contribution < 1.29 is 4.79 Å². The van der Waals surface area contributed by atoms with Crippen LogP contribution in [-0.2, 0) is 0 Å². The van der Waals surface area contributed by atoms with Crippen molar-refractivity contribution in [3.63, 3.8) is 0 Å². The molecule has 0 aromatic carbocycles. The number of amides is 1. The second kappa shape index (κ2) is 5.05. The highest BCUT2D eigenvalue weighted by Gasteiger charge is 2.31. The highest BCUT2D eigenvalue weighted by molar-refractivity contribution is 9.10. The van der Waals surface area contributed by atoms with E-state index >= 15 is 0 Å². The number of piperidine rings is 1. The molecule has 1 amide bonds. The third-order valence-electron chi connectivity index (χ3n) is 4.00. The summed E-state index contributed by atoms with van der Waals surface area (Å²) in [7, 11) is 0. The van der Waals surface area contributed by atoms with Gasteiger partial charge in [0.25, 0.3) is 5.91 Å². The summed E-state index contributed by atoms with van der Waals surface area (Å²) in [4.78, 5) is 19.9. The Morgan fingerprint density at radius 1 is 1.33 bits per heavy atom. The SMILES string of the molecule is O=C(c1cc(Br)c[nH]1)N1CCN2CCCC[C@H]2C1. The first-order valence-electron chi connectivity index (χ1n) is 6.61. The molecule has 1 atom stereocenters. The summed E-state index contributed by atoms with van der Waals surface area (Å²) in [5.41, 5.74) is 0.686. The van der Waals surface area contributed by atoms with E-state index in [0.29, 0.717) is 11.7 Å². The maximum Gasteiger partial charge on any atom is 0.270 e. The molecule has 0 spiro atoms. The number of aromatic amines is 1. The Labute approximate surface area is 115 Å². The van der Waals surface area contributed by atoms with Gasteiger partial charge in [-0.05, 0) is 41.4 Å². The first-order valence-corrected chi connectivity index (χ1v) is 7.40. The predicted molar refractivity (Wildman–Crippen MR) is 73.6 cm³/mol. The molecule has 2 aliphatic rings. The lowest BCUT2D eigenvalue weighted by molar-refractivity contribution is 0.0369. The number of rotatable bonds is 1. The molecule has 1 N–H and O–H groups in total. The molecule has 3 heterocycles. The molecule has 1 aromatic rings. The molecule has 2 saturated heterocycles. The second-order valence-electron chi connectivity index (χ2n) is 5.17. The van der Waals surface area contributed by atoms with E-state index in [2.05, 4.69) is 25.8 Å². The molecule has 18 heavy (non-hydrogen) atoms. The first kappa shape index (κ1) is 12.2. The minimum atomic E-state index is 0.130. The van der Waals surface area contributed by atoms with Crippen LogP contribution in [0.3, 0.4) is 0 Å². The molecule has 0 bridgehead atoms. The largest absolute Gasteiger partial charge is 0.356 e. The van der Waals surface area contributed by atoms with Crippen LogP contribution in [0.15, 0.2) is 16.7 Å². The Hall–Kier alpha value is -0.810. The number of piperazine rings is 1. The maximum atomic E-state index is 12.3. The van der Waals surface area contributed by atoms with Crippen molar-refractivity contribution in [3.8, 4) is 0 Å². The van der Waals surface area contributed by atoms with Gasteiger partial charge < -0.3 is 9.88 Å². The van der Waals surface area contributed by atoms with Crippen molar-refractivity contribution in [2.75, 3.05) is 26.2 Å². The molecular weight excluding hydrogens is 294 g/mol. The van der Waals surface area contributed by atoms with Gasteiger partial charge in [0.1, 0.15) is 5.69 Å². The monoisotopic (exact) mass is 311 g/mol. The molecule has 0 unspecified atom stereocenters. The lowest BCUT2D eigenvalue weighted by Gasteiger charge is -2.43. The highest BCUT2D eigenvalue weighted by Crippen LogP contribution is 2.22. The van der Waals surface area contributed by atoms with Crippen molar-refractivity contribution in [3.05, 3.63) is 22.4 Å². The van der Waals surface area contributed by atoms with E-state index in [9.17, 15) is 4.79 Å². The number of carbonyl (C=O) groups excluding carboxylic acids is 1. The van der Waals surface area contributed by atoms with Gasteiger partial charge in [-0.1, -0.05) is 6.42 Å². The number of carbonyl (C=O) groups is 1. The zero-order valence-corrected chi connectivity index (χ0v) is 11.9. The van der Waals surface area contributed by atoms with Crippen LogP contribution in [0.5, 0.6) is 0 Å². The van der Waals surface area contributed by atoms with Gasteiger partial charge in [-0.2, -0.15) is 0 Å². The van der Waals surface area contributed by atoms with E-state index in [1.165, 1.54) is 25.8 Å². The average molecular weight is 312 g/mol. The Balaban J connectivity index is 1.68. The number of hydrogen-bond acceptors (Lipinski definition) is 2. The van der Waals surface area contributed by atoms with Crippen molar-refractivity contribution in [1.82, 2.24) is 14.8 Å². The maximum absolute atomic E-state index is 12.3. The summed E-state index contributed by atoms with van der Waals surface area (Å²) in [6.07, 6.45) is 5.66. The summed E-state index contributed by atoms with van der Waals surface area (Å²) in [5.74, 6) is 0.130. The fourth-order valence-electron chi connectivity index (χ4n) is 3.00. The number of nitrogens with zero attached hydrogens (tertiary/aromatic N) is 2. The normalized spacial score (nSPS) is 24.9. The van der Waals surface area contributed by atoms with Gasteiger partial charge in [0.15, 0.2) is 0 Å². The highest BCUT2D eigenvalue weighted by atomic mass is 79.9. The lowest BCUT2D eigenvalue weighted by atomic mass is 9.99. The summed E-state index contributed by atoms with van der Waals surface area (Å²) in [5, 5.41) is 0. The molecule has 5 heteroatoms. The zero-order chi connectivity index (χ0) is 12.5. The molecule has 0 aliphatic carbocycles. The van der Waals surface area contributed by atoms with Crippen LogP contribution in [0.2, 0.25) is 0 Å². The van der Waals surface area contributed by atoms with Crippen molar-refractivity contribution in [1.29, 1.82) is 0 Å². The van der Waals surface area contributed by atoms with Gasteiger partial charge in [-0.25, -0.2) is 0 Å². The number of hydrogen-bond donors (Lipinski definition) is 1. The van der Waals surface area contributed by atoms with E-state index in [1.807, 2.05) is 17.2 Å². The van der Waals surface area contributed by atoms with Crippen LogP contribution in [0.4, 0.5) is 0 Å². The van der Waals surface area contributed by atoms with E-state index < -0.39 is 0 Å².